The zero-order valence-corrected chi connectivity index (χ0v) is 21.4. The quantitative estimate of drug-likeness (QED) is 0.344. The van der Waals surface area contributed by atoms with E-state index in [1.807, 2.05) is 25.1 Å². The molecule has 5 rings (SSSR count). The molecule has 0 N–H and O–H groups in total. The van der Waals surface area contributed by atoms with Crippen LogP contribution in [0.3, 0.4) is 0 Å². The van der Waals surface area contributed by atoms with Crippen LogP contribution in [0.25, 0.3) is 16.8 Å². The van der Waals surface area contributed by atoms with E-state index in [1.165, 1.54) is 17.7 Å². The monoisotopic (exact) mass is 485 g/mol. The Morgan fingerprint density at radius 3 is 2.77 bits per heavy atom. The Morgan fingerprint density at radius 2 is 1.94 bits per heavy atom. The zero-order valence-electron chi connectivity index (χ0n) is 20.6. The van der Waals surface area contributed by atoms with Crippen molar-refractivity contribution in [1.29, 1.82) is 0 Å². The van der Waals surface area contributed by atoms with Crippen molar-refractivity contribution in [2.75, 3.05) is 19.7 Å². The van der Waals surface area contributed by atoms with Gasteiger partial charge in [-0.25, -0.2) is 0 Å². The first-order chi connectivity index (χ1) is 17.1. The Bertz CT molecular complexity index is 1170. The highest BCUT2D eigenvalue weighted by Crippen LogP contribution is 2.44. The molecule has 2 aromatic carbocycles. The van der Waals surface area contributed by atoms with E-state index in [1.54, 1.807) is 11.3 Å². The second kappa shape index (κ2) is 10.8. The number of nitrogens with zero attached hydrogens (tertiary/aromatic N) is 1. The molecule has 2 heterocycles. The molecule has 3 aromatic rings. The molecule has 2 aliphatic rings. The Kier molecular flexibility index (Phi) is 7.38. The number of thiophene rings is 1. The number of para-hydroxylation sites is 1. The van der Waals surface area contributed by atoms with Crippen molar-refractivity contribution in [1.82, 2.24) is 4.90 Å². The van der Waals surface area contributed by atoms with Crippen molar-refractivity contribution in [2.45, 2.75) is 44.9 Å². The van der Waals surface area contributed by atoms with E-state index in [2.05, 4.69) is 59.3 Å². The van der Waals surface area contributed by atoms with Gasteiger partial charge >= 0.3 is 0 Å². The van der Waals surface area contributed by atoms with E-state index >= 15 is 0 Å². The van der Waals surface area contributed by atoms with Gasteiger partial charge in [0.15, 0.2) is 0 Å². The molecule has 3 unspecified atom stereocenters. The topological polar surface area (TPSA) is 29.5 Å². The van der Waals surface area contributed by atoms with Crippen LogP contribution >= 0.6 is 11.3 Å². The summed E-state index contributed by atoms with van der Waals surface area (Å²) in [6.45, 7) is 9.13. The van der Waals surface area contributed by atoms with Crippen LogP contribution < -0.4 is 4.74 Å². The normalized spacial score (nSPS) is 22.7. The minimum absolute atomic E-state index is 0.0136. The van der Waals surface area contributed by atoms with Crippen LogP contribution in [0.4, 0.5) is 0 Å². The number of rotatable bonds is 7. The maximum Gasteiger partial charge on any atom is 0.140 e. The summed E-state index contributed by atoms with van der Waals surface area (Å²) in [7, 11) is 0. The molecule has 1 saturated heterocycles. The van der Waals surface area contributed by atoms with Gasteiger partial charge in [-0.3, -0.25) is 4.79 Å². The van der Waals surface area contributed by atoms with Crippen molar-refractivity contribution in [3.05, 3.63) is 83.1 Å². The minimum Gasteiger partial charge on any atom is -0.493 e. The largest absolute Gasteiger partial charge is 0.493 e. The number of benzene rings is 2. The first-order valence-electron chi connectivity index (χ1n) is 13.0. The summed E-state index contributed by atoms with van der Waals surface area (Å²) in [6.07, 6.45) is 5.23. The van der Waals surface area contributed by atoms with E-state index in [9.17, 15) is 4.79 Å². The summed E-state index contributed by atoms with van der Waals surface area (Å²) in [4.78, 5) is 16.9. The van der Waals surface area contributed by atoms with Gasteiger partial charge in [-0.2, -0.15) is 0 Å². The van der Waals surface area contributed by atoms with Gasteiger partial charge in [0.1, 0.15) is 11.5 Å². The fourth-order valence-electron chi connectivity index (χ4n) is 5.97. The van der Waals surface area contributed by atoms with Crippen molar-refractivity contribution in [3.63, 3.8) is 0 Å². The number of Topliss-reactive ketones (excluding diaryl/α,β-unsaturated/α-hetero) is 1. The van der Waals surface area contributed by atoms with E-state index < -0.39 is 0 Å². The number of hydrogen-bond acceptors (Lipinski definition) is 4. The molecule has 182 valence electrons. The van der Waals surface area contributed by atoms with Gasteiger partial charge in [0.05, 0.1) is 6.61 Å². The third kappa shape index (κ3) is 5.23. The number of likely N-dealkylation sites (tertiary alicyclic amines) is 1. The van der Waals surface area contributed by atoms with E-state index in [0.717, 1.165) is 60.5 Å². The molecule has 35 heavy (non-hydrogen) atoms. The van der Waals surface area contributed by atoms with E-state index in [0.29, 0.717) is 24.2 Å². The molecular formula is C31H35NO2S. The number of ether oxygens (including phenoxy) is 1. The molecule has 2 fully saturated rings. The predicted octanol–water partition coefficient (Wildman–Crippen LogP) is 7.65. The molecule has 1 aliphatic carbocycles. The zero-order chi connectivity index (χ0) is 24.2. The third-order valence-corrected chi connectivity index (χ3v) is 8.72. The summed E-state index contributed by atoms with van der Waals surface area (Å²) in [6, 6.07) is 21.0. The molecule has 1 aromatic heterocycles. The molecule has 3 atom stereocenters. The van der Waals surface area contributed by atoms with Crippen LogP contribution in [0, 0.1) is 11.8 Å². The Labute approximate surface area is 213 Å². The standard InChI is InChI=1S/C31H35NO2S/c1-3-34-30-13-5-4-12-27(30)24-9-6-10-25(19-24)28-20-26(21-29(28)33)23-11-7-16-32(17-15-23)22(2)31-14-8-18-35-31/h4-6,8-10,12-14,18-19,23,26,28H,2-3,7,11,15-17,20-21H2,1H3. The summed E-state index contributed by atoms with van der Waals surface area (Å²) in [5.74, 6) is 2.43. The van der Waals surface area contributed by atoms with Crippen LogP contribution in [0.5, 0.6) is 5.75 Å². The first-order valence-corrected chi connectivity index (χ1v) is 13.8. The molecule has 0 radical (unpaired) electrons. The SMILES string of the molecule is C=C(c1cccs1)N1CCCC(C2CC(=O)C(c3cccc(-c4ccccc4OCC)c3)C2)CC1. The van der Waals surface area contributed by atoms with Gasteiger partial charge in [0.25, 0.3) is 0 Å². The number of hydrogen-bond donors (Lipinski definition) is 0. The molecule has 0 spiro atoms. The lowest BCUT2D eigenvalue weighted by atomic mass is 9.84. The van der Waals surface area contributed by atoms with Gasteiger partial charge < -0.3 is 9.64 Å². The molecule has 3 nitrogen and oxygen atoms in total. The van der Waals surface area contributed by atoms with Gasteiger partial charge in [-0.1, -0.05) is 55.1 Å². The van der Waals surface area contributed by atoms with Crippen molar-refractivity contribution < 1.29 is 9.53 Å². The lowest BCUT2D eigenvalue weighted by molar-refractivity contribution is -0.118. The smallest absolute Gasteiger partial charge is 0.140 e. The molecule has 1 aliphatic heterocycles. The number of carbonyl (C=O) groups is 1. The fourth-order valence-corrected chi connectivity index (χ4v) is 6.70. The van der Waals surface area contributed by atoms with Gasteiger partial charge in [-0.05, 0) is 73.1 Å². The number of ketones is 1. The molecule has 4 heteroatoms. The Balaban J connectivity index is 1.27. The molecule has 0 amide bonds. The summed E-state index contributed by atoms with van der Waals surface area (Å²) >= 11 is 1.76. The highest BCUT2D eigenvalue weighted by Gasteiger charge is 2.38. The van der Waals surface area contributed by atoms with Crippen LogP contribution in [0.1, 0.15) is 55.4 Å². The average Bonchev–Trinajstić information content (AvgIpc) is 3.49. The minimum atomic E-state index is 0.0136. The van der Waals surface area contributed by atoms with Gasteiger partial charge in [-0.15, -0.1) is 11.3 Å². The second-order valence-corrected chi connectivity index (χ2v) is 10.8. The second-order valence-electron chi connectivity index (χ2n) is 9.88. The van der Waals surface area contributed by atoms with Gasteiger partial charge in [0.2, 0.25) is 0 Å². The predicted molar refractivity (Wildman–Crippen MR) is 146 cm³/mol. The summed E-state index contributed by atoms with van der Waals surface area (Å²) in [5.41, 5.74) is 4.53. The van der Waals surface area contributed by atoms with Crippen molar-refractivity contribution in [3.8, 4) is 16.9 Å². The lowest BCUT2D eigenvalue weighted by Gasteiger charge is -2.25. The van der Waals surface area contributed by atoms with Crippen molar-refractivity contribution in [2.24, 2.45) is 11.8 Å². The van der Waals surface area contributed by atoms with Crippen LogP contribution in [-0.4, -0.2) is 30.4 Å². The van der Waals surface area contributed by atoms with E-state index in [-0.39, 0.29) is 5.92 Å². The summed E-state index contributed by atoms with van der Waals surface area (Å²) in [5, 5.41) is 2.12. The molecule has 1 saturated carbocycles. The Morgan fingerprint density at radius 1 is 1.06 bits per heavy atom. The third-order valence-electron chi connectivity index (χ3n) is 7.80. The average molecular weight is 486 g/mol. The molecule has 0 bridgehead atoms. The number of carbonyl (C=O) groups excluding carboxylic acids is 1. The molecular weight excluding hydrogens is 450 g/mol. The Hall–Kier alpha value is -2.85. The summed E-state index contributed by atoms with van der Waals surface area (Å²) < 4.78 is 5.86. The fraction of sp³-hybridized carbons (Fsp3) is 0.387. The van der Waals surface area contributed by atoms with Crippen LogP contribution in [0.15, 0.2) is 72.6 Å². The highest BCUT2D eigenvalue weighted by molar-refractivity contribution is 7.11. The van der Waals surface area contributed by atoms with Crippen molar-refractivity contribution >= 4 is 22.8 Å². The highest BCUT2D eigenvalue weighted by atomic mass is 32.1. The maximum atomic E-state index is 13.2. The maximum absolute atomic E-state index is 13.2. The first kappa shape index (κ1) is 23.9. The van der Waals surface area contributed by atoms with Crippen LogP contribution in [-0.2, 0) is 4.79 Å². The van der Waals surface area contributed by atoms with E-state index in [4.69, 9.17) is 4.74 Å². The van der Waals surface area contributed by atoms with Gasteiger partial charge in [0, 0.05) is 41.6 Å². The van der Waals surface area contributed by atoms with Crippen LogP contribution in [0.2, 0.25) is 0 Å². The lowest BCUT2D eigenvalue weighted by Crippen LogP contribution is -2.23.